The van der Waals surface area contributed by atoms with E-state index in [0.29, 0.717) is 13.0 Å². The lowest BCUT2D eigenvalue weighted by Crippen LogP contribution is -2.10. The quantitative estimate of drug-likeness (QED) is 0.328. The van der Waals surface area contributed by atoms with E-state index in [1.165, 1.54) is 11.0 Å². The van der Waals surface area contributed by atoms with Crippen LogP contribution in [0.4, 0.5) is 0 Å². The predicted octanol–water partition coefficient (Wildman–Crippen LogP) is 3.70. The molecule has 0 spiro atoms. The van der Waals surface area contributed by atoms with Gasteiger partial charge in [-0.25, -0.2) is 9.59 Å². The third-order valence-electron chi connectivity index (χ3n) is 3.31. The van der Waals surface area contributed by atoms with Gasteiger partial charge in [0.25, 0.3) is 0 Å². The first-order valence-corrected chi connectivity index (χ1v) is 9.01. The molecule has 25 heavy (non-hydrogen) atoms. The molecule has 0 saturated carbocycles. The largest absolute Gasteiger partial charge is 0.478 e. The number of carboxylic acid groups (broad SMARTS) is 1. The molecule has 0 aliphatic carbocycles. The highest BCUT2D eigenvalue weighted by atomic mass is 32.2. The summed E-state index contributed by atoms with van der Waals surface area (Å²) in [5, 5.41) is 8.49. The number of carbonyl (C=O) groups excluding carboxylic acids is 1. The molecule has 1 aromatic carbocycles. The van der Waals surface area contributed by atoms with E-state index in [0.717, 1.165) is 25.2 Å². The molecule has 1 aromatic rings. The Morgan fingerprint density at radius 2 is 2.08 bits per heavy atom. The SMILES string of the molecule is C=C(CC1CCCO1)C(=O)O.C=CC(=O)OCCSc1ccccc1. The topological polar surface area (TPSA) is 72.8 Å². The third-order valence-corrected chi connectivity index (χ3v) is 4.28. The Hall–Kier alpha value is -2.05. The summed E-state index contributed by atoms with van der Waals surface area (Å²) in [6.45, 7) is 7.94. The van der Waals surface area contributed by atoms with Crippen molar-refractivity contribution in [1.82, 2.24) is 0 Å². The van der Waals surface area contributed by atoms with Crippen molar-refractivity contribution in [3.63, 3.8) is 0 Å². The van der Waals surface area contributed by atoms with E-state index in [1.807, 2.05) is 30.3 Å². The zero-order valence-corrected chi connectivity index (χ0v) is 15.0. The molecule has 0 radical (unpaired) electrons. The molecule has 6 heteroatoms. The van der Waals surface area contributed by atoms with Crippen LogP contribution in [0, 0.1) is 0 Å². The third kappa shape index (κ3) is 9.74. The summed E-state index contributed by atoms with van der Waals surface area (Å²) in [5.41, 5.74) is 0.247. The van der Waals surface area contributed by atoms with E-state index in [1.54, 1.807) is 11.8 Å². The van der Waals surface area contributed by atoms with Crippen molar-refractivity contribution in [3.8, 4) is 0 Å². The van der Waals surface area contributed by atoms with Gasteiger partial charge in [0.15, 0.2) is 0 Å². The van der Waals surface area contributed by atoms with Crippen LogP contribution in [0.15, 0.2) is 60.0 Å². The molecule has 136 valence electrons. The van der Waals surface area contributed by atoms with Gasteiger partial charge in [-0.2, -0.15) is 0 Å². The Labute approximate surface area is 152 Å². The second-order valence-electron chi connectivity index (χ2n) is 5.28. The maximum absolute atomic E-state index is 10.7. The van der Waals surface area contributed by atoms with Crippen molar-refractivity contribution >= 4 is 23.7 Å². The molecule has 1 aliphatic rings. The Bertz CT molecular complexity index is 564. The van der Waals surface area contributed by atoms with E-state index >= 15 is 0 Å². The smallest absolute Gasteiger partial charge is 0.331 e. The van der Waals surface area contributed by atoms with Crippen molar-refractivity contribution in [2.75, 3.05) is 19.0 Å². The first-order chi connectivity index (χ1) is 12.0. The summed E-state index contributed by atoms with van der Waals surface area (Å²) in [7, 11) is 0. The van der Waals surface area contributed by atoms with Crippen molar-refractivity contribution in [1.29, 1.82) is 0 Å². The molecule has 1 N–H and O–H groups in total. The van der Waals surface area contributed by atoms with Crippen LogP contribution < -0.4 is 0 Å². The zero-order valence-electron chi connectivity index (χ0n) is 14.2. The summed E-state index contributed by atoms with van der Waals surface area (Å²) in [6.07, 6.45) is 3.74. The Balaban J connectivity index is 0.000000257. The van der Waals surface area contributed by atoms with Crippen molar-refractivity contribution in [2.45, 2.75) is 30.3 Å². The normalized spacial score (nSPS) is 15.6. The molecular formula is C19H24O5S. The summed E-state index contributed by atoms with van der Waals surface area (Å²) in [6, 6.07) is 10.00. The molecule has 5 nitrogen and oxygen atoms in total. The second kappa shape index (κ2) is 12.3. The van der Waals surface area contributed by atoms with E-state index in [9.17, 15) is 9.59 Å². The fourth-order valence-electron chi connectivity index (χ4n) is 2.04. The maximum Gasteiger partial charge on any atom is 0.331 e. The predicted molar refractivity (Wildman–Crippen MR) is 98.7 cm³/mol. The second-order valence-corrected chi connectivity index (χ2v) is 6.45. The Kier molecular flexibility index (Phi) is 10.4. The van der Waals surface area contributed by atoms with Crippen molar-refractivity contribution < 1.29 is 24.2 Å². The number of hydrogen-bond donors (Lipinski definition) is 1. The summed E-state index contributed by atoms with van der Waals surface area (Å²) >= 11 is 1.66. The first-order valence-electron chi connectivity index (χ1n) is 8.02. The standard InChI is InChI=1S/C11H12O2S.C8H12O3/c1-2-11(12)13-8-9-14-10-6-4-3-5-7-10;1-6(8(9)10)5-7-3-2-4-11-7/h2-7H,1,8-9H2;7H,1-5H2,(H,9,10). The van der Waals surface area contributed by atoms with Crippen LogP contribution in [0.3, 0.4) is 0 Å². The van der Waals surface area contributed by atoms with Gasteiger partial charge < -0.3 is 14.6 Å². The molecular weight excluding hydrogens is 340 g/mol. The van der Waals surface area contributed by atoms with Gasteiger partial charge in [0.1, 0.15) is 6.61 Å². The molecule has 2 rings (SSSR count). The minimum absolute atomic E-state index is 0.0959. The lowest BCUT2D eigenvalue weighted by Gasteiger charge is -2.07. The molecule has 0 bridgehead atoms. The zero-order chi connectivity index (χ0) is 18.5. The number of ether oxygens (including phenoxy) is 2. The van der Waals surface area contributed by atoms with E-state index in [-0.39, 0.29) is 17.6 Å². The van der Waals surface area contributed by atoms with Crippen LogP contribution in [0.5, 0.6) is 0 Å². The van der Waals surface area contributed by atoms with Crippen LogP contribution in [0.2, 0.25) is 0 Å². The molecule has 1 aliphatic heterocycles. The monoisotopic (exact) mass is 364 g/mol. The van der Waals surface area contributed by atoms with Crippen LogP contribution in [-0.2, 0) is 19.1 Å². The molecule has 0 aromatic heterocycles. The van der Waals surface area contributed by atoms with Gasteiger partial charge in [-0.3, -0.25) is 0 Å². The van der Waals surface area contributed by atoms with Crippen LogP contribution in [0.1, 0.15) is 19.3 Å². The molecule has 1 fully saturated rings. The molecule has 1 heterocycles. The highest BCUT2D eigenvalue weighted by Gasteiger charge is 2.18. The number of benzene rings is 1. The molecule has 1 saturated heterocycles. The van der Waals surface area contributed by atoms with E-state index in [2.05, 4.69) is 13.2 Å². The fourth-order valence-corrected chi connectivity index (χ4v) is 2.80. The Morgan fingerprint density at radius 1 is 1.36 bits per heavy atom. The molecule has 0 amide bonds. The highest BCUT2D eigenvalue weighted by molar-refractivity contribution is 7.99. The number of carboxylic acids is 1. The van der Waals surface area contributed by atoms with Crippen LogP contribution >= 0.6 is 11.8 Å². The van der Waals surface area contributed by atoms with Gasteiger partial charge in [-0.1, -0.05) is 31.4 Å². The van der Waals surface area contributed by atoms with E-state index < -0.39 is 5.97 Å². The average Bonchev–Trinajstić information content (AvgIpc) is 3.13. The number of carbonyl (C=O) groups is 2. The van der Waals surface area contributed by atoms with Crippen molar-refractivity contribution in [2.24, 2.45) is 0 Å². The van der Waals surface area contributed by atoms with Crippen LogP contribution in [0.25, 0.3) is 0 Å². The van der Waals surface area contributed by atoms with Gasteiger partial charge in [0.05, 0.1) is 6.10 Å². The van der Waals surface area contributed by atoms with Gasteiger partial charge in [0.2, 0.25) is 0 Å². The lowest BCUT2D eigenvalue weighted by atomic mass is 10.1. The van der Waals surface area contributed by atoms with E-state index in [4.69, 9.17) is 14.6 Å². The maximum atomic E-state index is 10.7. The Morgan fingerprint density at radius 3 is 2.64 bits per heavy atom. The molecule has 1 atom stereocenters. The van der Waals surface area contributed by atoms with Gasteiger partial charge in [-0.05, 0) is 25.0 Å². The minimum atomic E-state index is -0.916. The van der Waals surface area contributed by atoms with Gasteiger partial charge in [-0.15, -0.1) is 11.8 Å². The minimum Gasteiger partial charge on any atom is -0.478 e. The van der Waals surface area contributed by atoms with Crippen LogP contribution in [-0.4, -0.2) is 42.1 Å². The van der Waals surface area contributed by atoms with Gasteiger partial charge in [0, 0.05) is 35.3 Å². The summed E-state index contributed by atoms with van der Waals surface area (Å²) in [4.78, 5) is 22.2. The number of thioether (sulfide) groups is 1. The number of esters is 1. The highest BCUT2D eigenvalue weighted by Crippen LogP contribution is 2.18. The van der Waals surface area contributed by atoms with Gasteiger partial charge >= 0.3 is 11.9 Å². The fraction of sp³-hybridized carbons (Fsp3) is 0.368. The molecule has 1 unspecified atom stereocenters. The number of rotatable bonds is 8. The number of aliphatic carboxylic acids is 1. The number of hydrogen-bond acceptors (Lipinski definition) is 5. The lowest BCUT2D eigenvalue weighted by molar-refractivity contribution is -0.137. The first kappa shape index (κ1) is 21.0. The van der Waals surface area contributed by atoms with Crippen molar-refractivity contribution in [3.05, 3.63) is 55.1 Å². The average molecular weight is 364 g/mol. The summed E-state index contributed by atoms with van der Waals surface area (Å²) < 4.78 is 10.1. The summed E-state index contributed by atoms with van der Waals surface area (Å²) in [5.74, 6) is -0.511.